The Bertz CT molecular complexity index is 765. The lowest BCUT2D eigenvalue weighted by molar-refractivity contribution is 0.598. The average Bonchev–Trinajstić information content (AvgIpc) is 2.37. The van der Waals surface area contributed by atoms with E-state index < -0.39 is 10.0 Å². The summed E-state index contributed by atoms with van der Waals surface area (Å²) >= 11 is 0. The highest BCUT2D eigenvalue weighted by Crippen LogP contribution is 2.17. The molecule has 0 aromatic heterocycles. The Morgan fingerprint density at radius 2 is 1.38 bits per heavy atom. The van der Waals surface area contributed by atoms with Gasteiger partial charge in [-0.25, -0.2) is 0 Å². The maximum Gasteiger partial charge on any atom is 0.282 e. The van der Waals surface area contributed by atoms with Gasteiger partial charge in [0.2, 0.25) is 0 Å². The summed E-state index contributed by atoms with van der Waals surface area (Å²) in [6.45, 7) is 7.85. The molecule has 0 spiro atoms. The number of hydrogen-bond donors (Lipinski definition) is 0. The zero-order chi connectivity index (χ0) is 15.6. The second-order valence-corrected chi connectivity index (χ2v) is 6.97. The van der Waals surface area contributed by atoms with Crippen LogP contribution in [-0.4, -0.2) is 14.6 Å². The Morgan fingerprint density at radius 1 is 0.857 bits per heavy atom. The molecule has 4 heteroatoms. The van der Waals surface area contributed by atoms with Gasteiger partial charge in [-0.15, -0.1) is 0 Å². The molecule has 21 heavy (non-hydrogen) atoms. The molecule has 3 nitrogen and oxygen atoms in total. The van der Waals surface area contributed by atoms with Crippen LogP contribution in [0.2, 0.25) is 0 Å². The molecule has 0 amide bonds. The van der Waals surface area contributed by atoms with E-state index in [1.807, 2.05) is 39.8 Å². The first kappa shape index (κ1) is 15.4. The van der Waals surface area contributed by atoms with Crippen LogP contribution in [0.4, 0.5) is 0 Å². The van der Waals surface area contributed by atoms with E-state index in [9.17, 15) is 8.42 Å². The topological polar surface area (TPSA) is 46.5 Å². The van der Waals surface area contributed by atoms with E-state index in [4.69, 9.17) is 0 Å². The van der Waals surface area contributed by atoms with Crippen molar-refractivity contribution >= 4 is 16.2 Å². The van der Waals surface area contributed by atoms with Crippen molar-refractivity contribution in [3.05, 3.63) is 64.2 Å². The third-order valence-electron chi connectivity index (χ3n) is 3.38. The summed E-state index contributed by atoms with van der Waals surface area (Å²) in [6, 6.07) is 10.7. The zero-order valence-electron chi connectivity index (χ0n) is 12.7. The van der Waals surface area contributed by atoms with Gasteiger partial charge in [0.1, 0.15) is 0 Å². The largest absolute Gasteiger partial charge is 0.282 e. The lowest BCUT2D eigenvalue weighted by Gasteiger charge is -2.06. The van der Waals surface area contributed by atoms with E-state index in [0.29, 0.717) is 0 Å². The lowest BCUT2D eigenvalue weighted by Crippen LogP contribution is -2.00. The van der Waals surface area contributed by atoms with Gasteiger partial charge in [0, 0.05) is 6.21 Å². The minimum atomic E-state index is -3.65. The van der Waals surface area contributed by atoms with Gasteiger partial charge in [0.05, 0.1) is 4.90 Å². The zero-order valence-corrected chi connectivity index (χ0v) is 13.5. The molecule has 0 bridgehead atoms. The molecule has 2 aromatic carbocycles. The molecule has 0 unspecified atom stereocenters. The lowest BCUT2D eigenvalue weighted by atomic mass is 10.0. The SMILES string of the molecule is Cc1ccc(S(=O)(=O)/N=C\c2c(C)cc(C)cc2C)cc1. The Kier molecular flexibility index (Phi) is 4.28. The van der Waals surface area contributed by atoms with Gasteiger partial charge < -0.3 is 0 Å². The molecule has 0 saturated heterocycles. The molecule has 0 heterocycles. The van der Waals surface area contributed by atoms with Crippen molar-refractivity contribution in [1.82, 2.24) is 0 Å². The van der Waals surface area contributed by atoms with Gasteiger partial charge in [0.15, 0.2) is 0 Å². The van der Waals surface area contributed by atoms with E-state index in [1.165, 1.54) is 6.21 Å². The second kappa shape index (κ2) is 5.82. The van der Waals surface area contributed by atoms with Crippen LogP contribution in [0, 0.1) is 27.7 Å². The summed E-state index contributed by atoms with van der Waals surface area (Å²) in [5.74, 6) is 0. The fourth-order valence-electron chi connectivity index (χ4n) is 2.29. The Balaban J connectivity index is 2.39. The van der Waals surface area contributed by atoms with Crippen LogP contribution in [0.5, 0.6) is 0 Å². The molecular weight excluding hydrogens is 282 g/mol. The second-order valence-electron chi connectivity index (χ2n) is 5.34. The van der Waals surface area contributed by atoms with Gasteiger partial charge in [-0.2, -0.15) is 12.8 Å². The molecule has 0 aliphatic heterocycles. The van der Waals surface area contributed by atoms with Crippen LogP contribution >= 0.6 is 0 Å². The van der Waals surface area contributed by atoms with Crippen LogP contribution in [0.1, 0.15) is 27.8 Å². The molecule has 0 fully saturated rings. The molecule has 0 N–H and O–H groups in total. The average molecular weight is 301 g/mol. The van der Waals surface area contributed by atoms with Crippen LogP contribution in [0.15, 0.2) is 45.7 Å². The Labute approximate surface area is 126 Å². The first-order chi connectivity index (χ1) is 9.79. The van der Waals surface area contributed by atoms with Crippen molar-refractivity contribution < 1.29 is 8.42 Å². The quantitative estimate of drug-likeness (QED) is 0.811. The highest BCUT2D eigenvalue weighted by molar-refractivity contribution is 7.90. The highest BCUT2D eigenvalue weighted by atomic mass is 32.2. The Morgan fingerprint density at radius 3 is 1.90 bits per heavy atom. The van der Waals surface area contributed by atoms with Crippen molar-refractivity contribution in [3.8, 4) is 0 Å². The van der Waals surface area contributed by atoms with E-state index in [1.54, 1.807) is 24.3 Å². The van der Waals surface area contributed by atoms with E-state index >= 15 is 0 Å². The first-order valence-corrected chi connectivity index (χ1v) is 8.18. The van der Waals surface area contributed by atoms with Gasteiger partial charge in [-0.1, -0.05) is 35.4 Å². The molecule has 0 aliphatic rings. The summed E-state index contributed by atoms with van der Waals surface area (Å²) in [6.07, 6.45) is 1.44. The summed E-state index contributed by atoms with van der Waals surface area (Å²) in [4.78, 5) is 0.215. The van der Waals surface area contributed by atoms with Crippen LogP contribution < -0.4 is 0 Å². The summed E-state index contributed by atoms with van der Waals surface area (Å²) in [7, 11) is -3.65. The predicted octanol–water partition coefficient (Wildman–Crippen LogP) is 3.73. The fraction of sp³-hybridized carbons (Fsp3) is 0.235. The van der Waals surface area contributed by atoms with Crippen molar-refractivity contribution in [2.24, 2.45) is 4.40 Å². The number of nitrogens with zero attached hydrogens (tertiary/aromatic N) is 1. The number of hydrogen-bond acceptors (Lipinski definition) is 2. The summed E-state index contributed by atoms with van der Waals surface area (Å²) < 4.78 is 28.2. The number of rotatable bonds is 3. The number of benzene rings is 2. The standard InChI is InChI=1S/C17H19NO2S/c1-12-5-7-16(8-6-12)21(19,20)18-11-17-14(3)9-13(2)10-15(17)4/h5-11H,1-4H3/b18-11-. The van der Waals surface area contributed by atoms with Gasteiger partial charge >= 0.3 is 0 Å². The predicted molar refractivity (Wildman–Crippen MR) is 86.6 cm³/mol. The smallest absolute Gasteiger partial charge is 0.199 e. The van der Waals surface area contributed by atoms with Crippen molar-refractivity contribution in [1.29, 1.82) is 0 Å². The van der Waals surface area contributed by atoms with Crippen molar-refractivity contribution in [2.45, 2.75) is 32.6 Å². The van der Waals surface area contributed by atoms with Crippen LogP contribution in [0.3, 0.4) is 0 Å². The maximum absolute atomic E-state index is 12.2. The first-order valence-electron chi connectivity index (χ1n) is 6.74. The molecule has 110 valence electrons. The monoisotopic (exact) mass is 301 g/mol. The third kappa shape index (κ3) is 3.58. The van der Waals surface area contributed by atoms with Crippen LogP contribution in [-0.2, 0) is 10.0 Å². The van der Waals surface area contributed by atoms with E-state index in [-0.39, 0.29) is 4.90 Å². The van der Waals surface area contributed by atoms with Gasteiger partial charge in [-0.3, -0.25) is 0 Å². The highest BCUT2D eigenvalue weighted by Gasteiger charge is 2.11. The molecule has 0 saturated carbocycles. The summed E-state index contributed by atoms with van der Waals surface area (Å²) in [5, 5.41) is 0. The maximum atomic E-state index is 12.2. The number of aryl methyl sites for hydroxylation is 4. The van der Waals surface area contributed by atoms with E-state index in [2.05, 4.69) is 4.40 Å². The molecule has 2 aromatic rings. The van der Waals surface area contributed by atoms with Gasteiger partial charge in [0.25, 0.3) is 10.0 Å². The normalized spacial score (nSPS) is 12.0. The Hall–Kier alpha value is -1.94. The van der Waals surface area contributed by atoms with Gasteiger partial charge in [-0.05, 0) is 56.5 Å². The van der Waals surface area contributed by atoms with E-state index in [0.717, 1.165) is 27.8 Å². The molecule has 0 radical (unpaired) electrons. The van der Waals surface area contributed by atoms with Crippen molar-refractivity contribution in [3.63, 3.8) is 0 Å². The molecule has 0 atom stereocenters. The molecule has 0 aliphatic carbocycles. The van der Waals surface area contributed by atoms with Crippen LogP contribution in [0.25, 0.3) is 0 Å². The third-order valence-corrected chi connectivity index (χ3v) is 4.63. The fourth-order valence-corrected chi connectivity index (χ4v) is 3.13. The number of sulfonamides is 1. The summed E-state index contributed by atoms with van der Waals surface area (Å²) in [5.41, 5.74) is 5.08. The minimum Gasteiger partial charge on any atom is -0.199 e. The molecule has 2 rings (SSSR count). The molecular formula is C17H19NO2S. The van der Waals surface area contributed by atoms with Crippen molar-refractivity contribution in [2.75, 3.05) is 0 Å². The minimum absolute atomic E-state index is 0.215.